The first kappa shape index (κ1) is 15.2. The second-order valence-corrected chi connectivity index (χ2v) is 5.11. The first-order valence-electron chi connectivity index (χ1n) is 7.01. The second kappa shape index (κ2) is 6.47. The summed E-state index contributed by atoms with van der Waals surface area (Å²) in [6.07, 6.45) is 0.866. The van der Waals surface area contributed by atoms with Crippen molar-refractivity contribution in [3.63, 3.8) is 0 Å². The molecule has 1 saturated heterocycles. The van der Waals surface area contributed by atoms with Crippen LogP contribution in [0.1, 0.15) is 23.7 Å². The number of methoxy groups -OCH3 is 1. The highest BCUT2D eigenvalue weighted by atomic mass is 16.5. The summed E-state index contributed by atoms with van der Waals surface area (Å²) >= 11 is 0. The minimum absolute atomic E-state index is 0.0855. The Morgan fingerprint density at radius 3 is 2.62 bits per heavy atom. The molecule has 0 aliphatic carbocycles. The van der Waals surface area contributed by atoms with Gasteiger partial charge in [0.2, 0.25) is 5.91 Å². The predicted molar refractivity (Wildman–Crippen MR) is 81.3 cm³/mol. The number of hydrogen-bond acceptors (Lipinski definition) is 5. The maximum atomic E-state index is 11.9. The number of esters is 1. The number of hydrogen-bond donors (Lipinski definition) is 1. The van der Waals surface area contributed by atoms with Crippen LogP contribution in [0.15, 0.2) is 18.2 Å². The van der Waals surface area contributed by atoms with Gasteiger partial charge in [0.15, 0.2) is 0 Å². The van der Waals surface area contributed by atoms with Crippen LogP contribution in [0.2, 0.25) is 0 Å². The van der Waals surface area contributed by atoms with Crippen molar-refractivity contribution in [2.75, 3.05) is 43.9 Å². The number of rotatable bonds is 2. The van der Waals surface area contributed by atoms with E-state index in [0.29, 0.717) is 24.3 Å². The van der Waals surface area contributed by atoms with Crippen molar-refractivity contribution in [1.82, 2.24) is 4.90 Å². The van der Waals surface area contributed by atoms with Crippen LogP contribution in [0.4, 0.5) is 11.4 Å². The van der Waals surface area contributed by atoms with Gasteiger partial charge < -0.3 is 20.3 Å². The molecule has 1 aromatic carbocycles. The van der Waals surface area contributed by atoms with Gasteiger partial charge in [-0.05, 0) is 24.6 Å². The highest BCUT2D eigenvalue weighted by Gasteiger charge is 2.21. The largest absolute Gasteiger partial charge is 0.465 e. The molecule has 0 spiro atoms. The summed E-state index contributed by atoms with van der Waals surface area (Å²) in [5.41, 5.74) is 7.56. The number of carbonyl (C=O) groups excluding carboxylic acids is 2. The fourth-order valence-corrected chi connectivity index (χ4v) is 2.58. The number of nitrogens with zero attached hydrogens (tertiary/aromatic N) is 2. The molecule has 0 radical (unpaired) electrons. The van der Waals surface area contributed by atoms with E-state index in [-0.39, 0.29) is 5.91 Å². The van der Waals surface area contributed by atoms with Crippen LogP contribution in [0.25, 0.3) is 0 Å². The number of carbonyl (C=O) groups is 2. The number of amides is 1. The average molecular weight is 291 g/mol. The Balaban J connectivity index is 2.25. The Bertz CT molecular complexity index is 545. The van der Waals surface area contributed by atoms with E-state index < -0.39 is 5.97 Å². The Hall–Kier alpha value is -2.24. The second-order valence-electron chi connectivity index (χ2n) is 5.11. The lowest BCUT2D eigenvalue weighted by Gasteiger charge is -2.25. The molecule has 1 aliphatic heterocycles. The van der Waals surface area contributed by atoms with Gasteiger partial charge in [-0.1, -0.05) is 0 Å². The molecular weight excluding hydrogens is 270 g/mol. The Labute approximate surface area is 124 Å². The summed E-state index contributed by atoms with van der Waals surface area (Å²) < 4.78 is 4.83. The molecule has 2 N–H and O–H groups in total. The quantitative estimate of drug-likeness (QED) is 0.652. The van der Waals surface area contributed by atoms with Gasteiger partial charge in [-0.2, -0.15) is 0 Å². The molecule has 1 fully saturated rings. The van der Waals surface area contributed by atoms with Gasteiger partial charge in [-0.3, -0.25) is 4.79 Å². The smallest absolute Gasteiger partial charge is 0.340 e. The molecule has 1 heterocycles. The summed E-state index contributed by atoms with van der Waals surface area (Å²) in [5, 5.41) is 0. The van der Waals surface area contributed by atoms with Gasteiger partial charge in [0.1, 0.15) is 0 Å². The Morgan fingerprint density at radius 1 is 1.19 bits per heavy atom. The van der Waals surface area contributed by atoms with Crippen LogP contribution in [0.5, 0.6) is 0 Å². The van der Waals surface area contributed by atoms with E-state index in [2.05, 4.69) is 4.90 Å². The topological polar surface area (TPSA) is 75.9 Å². The highest BCUT2D eigenvalue weighted by molar-refractivity contribution is 5.97. The van der Waals surface area contributed by atoms with Crippen molar-refractivity contribution in [3.8, 4) is 0 Å². The van der Waals surface area contributed by atoms with Gasteiger partial charge in [0.25, 0.3) is 0 Å². The number of ether oxygens (including phenoxy) is 1. The van der Waals surface area contributed by atoms with Crippen molar-refractivity contribution >= 4 is 23.3 Å². The summed E-state index contributed by atoms with van der Waals surface area (Å²) in [4.78, 5) is 27.3. The molecule has 6 nitrogen and oxygen atoms in total. The minimum atomic E-state index is -0.398. The fraction of sp³-hybridized carbons (Fsp3) is 0.467. The van der Waals surface area contributed by atoms with Gasteiger partial charge in [-0.15, -0.1) is 0 Å². The molecule has 21 heavy (non-hydrogen) atoms. The van der Waals surface area contributed by atoms with Gasteiger partial charge in [0.05, 0.1) is 18.4 Å². The van der Waals surface area contributed by atoms with E-state index in [9.17, 15) is 9.59 Å². The van der Waals surface area contributed by atoms with Crippen molar-refractivity contribution in [1.29, 1.82) is 0 Å². The van der Waals surface area contributed by atoms with Crippen molar-refractivity contribution < 1.29 is 14.3 Å². The summed E-state index contributed by atoms with van der Waals surface area (Å²) in [5.74, 6) is -0.313. The first-order valence-corrected chi connectivity index (χ1v) is 7.01. The third-order valence-electron chi connectivity index (χ3n) is 3.71. The molecule has 1 amide bonds. The van der Waals surface area contributed by atoms with E-state index in [4.69, 9.17) is 10.5 Å². The summed E-state index contributed by atoms with van der Waals surface area (Å²) in [7, 11) is 1.36. The number of anilines is 2. The summed E-state index contributed by atoms with van der Waals surface area (Å²) in [6, 6.07) is 5.25. The zero-order chi connectivity index (χ0) is 15.4. The molecule has 0 bridgehead atoms. The Kier molecular flexibility index (Phi) is 4.67. The molecule has 0 unspecified atom stereocenters. The number of nitrogen functional groups attached to an aromatic ring is 1. The average Bonchev–Trinajstić information content (AvgIpc) is 2.72. The summed E-state index contributed by atoms with van der Waals surface area (Å²) in [6.45, 7) is 4.46. The van der Waals surface area contributed by atoms with Gasteiger partial charge in [0, 0.05) is 38.8 Å². The minimum Gasteiger partial charge on any atom is -0.465 e. The van der Waals surface area contributed by atoms with Crippen LogP contribution in [0.3, 0.4) is 0 Å². The van der Waals surface area contributed by atoms with Crippen LogP contribution in [-0.4, -0.2) is 50.1 Å². The lowest BCUT2D eigenvalue weighted by molar-refractivity contribution is -0.128. The van der Waals surface area contributed by atoms with Crippen molar-refractivity contribution in [2.45, 2.75) is 13.3 Å². The fourth-order valence-electron chi connectivity index (χ4n) is 2.58. The molecule has 114 valence electrons. The lowest BCUT2D eigenvalue weighted by Crippen LogP contribution is -2.34. The molecule has 1 aromatic rings. The molecular formula is C15H21N3O3. The van der Waals surface area contributed by atoms with Gasteiger partial charge in [-0.25, -0.2) is 4.79 Å². The molecule has 0 atom stereocenters. The van der Waals surface area contributed by atoms with Crippen LogP contribution < -0.4 is 10.6 Å². The van der Waals surface area contributed by atoms with E-state index in [0.717, 1.165) is 25.2 Å². The first-order chi connectivity index (χ1) is 10.0. The molecule has 6 heteroatoms. The van der Waals surface area contributed by atoms with Crippen molar-refractivity contribution in [3.05, 3.63) is 23.8 Å². The van der Waals surface area contributed by atoms with E-state index >= 15 is 0 Å². The Morgan fingerprint density at radius 2 is 1.95 bits per heavy atom. The molecule has 0 saturated carbocycles. The predicted octanol–water partition coefficient (Wildman–Crippen LogP) is 1.11. The van der Waals surface area contributed by atoms with E-state index in [1.54, 1.807) is 19.1 Å². The monoisotopic (exact) mass is 291 g/mol. The van der Waals surface area contributed by atoms with E-state index in [1.165, 1.54) is 7.11 Å². The molecule has 0 aromatic heterocycles. The molecule has 1 aliphatic rings. The third kappa shape index (κ3) is 3.45. The standard InChI is InChI=1S/C15H21N3O3/c1-11(19)17-6-3-7-18(9-8-17)14-5-4-12(16)10-13(14)15(20)21-2/h4-5,10H,3,6-9,16H2,1-2H3. The number of nitrogens with two attached hydrogens (primary N) is 1. The van der Waals surface area contributed by atoms with Crippen LogP contribution >= 0.6 is 0 Å². The number of benzene rings is 1. The van der Waals surface area contributed by atoms with Crippen LogP contribution in [-0.2, 0) is 9.53 Å². The SMILES string of the molecule is COC(=O)c1cc(N)ccc1N1CCCN(C(C)=O)CC1. The zero-order valence-corrected chi connectivity index (χ0v) is 12.5. The highest BCUT2D eigenvalue weighted by Crippen LogP contribution is 2.25. The van der Waals surface area contributed by atoms with E-state index in [1.807, 2.05) is 11.0 Å². The van der Waals surface area contributed by atoms with Crippen molar-refractivity contribution in [2.24, 2.45) is 0 Å². The molecule has 2 rings (SSSR count). The normalized spacial score (nSPS) is 15.5. The van der Waals surface area contributed by atoms with Gasteiger partial charge >= 0.3 is 5.97 Å². The van der Waals surface area contributed by atoms with Crippen LogP contribution in [0, 0.1) is 0 Å². The zero-order valence-electron chi connectivity index (χ0n) is 12.5. The maximum Gasteiger partial charge on any atom is 0.340 e. The third-order valence-corrected chi connectivity index (χ3v) is 3.71. The maximum absolute atomic E-state index is 11.9. The lowest BCUT2D eigenvalue weighted by atomic mass is 10.1.